The van der Waals surface area contributed by atoms with Gasteiger partial charge in [-0.1, -0.05) is 12.7 Å². The molecule has 0 fully saturated rings. The molecule has 15 heteroatoms. The zero-order valence-corrected chi connectivity index (χ0v) is 20.5. The minimum absolute atomic E-state index is 0.0832. The Hall–Kier alpha value is -4.32. The Labute approximate surface area is 213 Å². The molecule has 0 aliphatic heterocycles. The van der Waals surface area contributed by atoms with E-state index in [9.17, 15) is 28.8 Å². The maximum absolute atomic E-state index is 12.9. The average Bonchev–Trinajstić information content (AvgIpc) is 2.86. The van der Waals surface area contributed by atoms with Gasteiger partial charge in [-0.25, -0.2) is 4.79 Å². The van der Waals surface area contributed by atoms with Crippen LogP contribution >= 0.6 is 0 Å². The molecule has 2 amide bonds. The van der Waals surface area contributed by atoms with Crippen LogP contribution in [0.4, 0.5) is 0 Å². The Morgan fingerprint density at radius 2 is 1.43 bits per heavy atom. The Morgan fingerprint density at radius 1 is 0.865 bits per heavy atom. The van der Waals surface area contributed by atoms with Crippen molar-refractivity contribution in [2.75, 3.05) is 13.2 Å². The molecule has 0 aliphatic carbocycles. The molecule has 0 radical (unpaired) electrons. The molecule has 0 heterocycles. The molecule has 15 nitrogen and oxygen atoms in total. The molecule has 0 aromatic rings. The summed E-state index contributed by atoms with van der Waals surface area (Å²) < 4.78 is 9.70. The molecule has 3 atom stereocenters. The van der Waals surface area contributed by atoms with Gasteiger partial charge < -0.3 is 36.9 Å². The van der Waals surface area contributed by atoms with E-state index in [0.717, 1.165) is 0 Å². The quantitative estimate of drug-likeness (QED) is 0.0597. The Morgan fingerprint density at radius 3 is 1.95 bits per heavy atom. The summed E-state index contributed by atoms with van der Waals surface area (Å²) in [5.74, 6) is -4.41. The largest absolute Gasteiger partial charge is 0.465 e. The fourth-order valence-electron chi connectivity index (χ4n) is 2.78. The zero-order chi connectivity index (χ0) is 28.2. The number of hydrogen-bond donors (Lipinski definition) is 3. The van der Waals surface area contributed by atoms with E-state index >= 15 is 0 Å². The van der Waals surface area contributed by atoms with Gasteiger partial charge in [-0.3, -0.25) is 24.0 Å². The van der Waals surface area contributed by atoms with E-state index in [1.54, 1.807) is 6.92 Å². The van der Waals surface area contributed by atoms with Gasteiger partial charge in [0.05, 0.1) is 6.61 Å². The van der Waals surface area contributed by atoms with Crippen molar-refractivity contribution in [3.8, 4) is 0 Å². The maximum Gasteiger partial charge on any atom is 0.328 e. The zero-order valence-electron chi connectivity index (χ0n) is 20.5. The lowest BCUT2D eigenvalue weighted by Gasteiger charge is -2.22. The minimum Gasteiger partial charge on any atom is -0.465 e. The number of carbonyl (C=O) groups excluding carboxylic acids is 6. The van der Waals surface area contributed by atoms with Gasteiger partial charge in [-0.15, -0.1) is 0 Å². The summed E-state index contributed by atoms with van der Waals surface area (Å²) in [4.78, 5) is 77.9. The molecule has 0 spiro atoms. The van der Waals surface area contributed by atoms with E-state index in [-0.39, 0.29) is 51.7 Å². The second-order valence-corrected chi connectivity index (χ2v) is 7.50. The van der Waals surface area contributed by atoms with Gasteiger partial charge >= 0.3 is 24.4 Å². The topological polar surface area (TPSA) is 244 Å². The number of rotatable bonds is 19. The minimum atomic E-state index is -1.33. The fraction of sp³-hybridized carbons (Fsp3) is 0.545. The molecule has 202 valence electrons. The van der Waals surface area contributed by atoms with E-state index < -0.39 is 53.4 Å². The molecule has 0 aliphatic rings. The molecule has 0 saturated carbocycles. The van der Waals surface area contributed by atoms with Crippen molar-refractivity contribution in [2.45, 2.75) is 63.6 Å². The molecular weight excluding hydrogens is 490 g/mol. The van der Waals surface area contributed by atoms with Crippen molar-refractivity contribution < 1.29 is 47.8 Å². The molecule has 0 aromatic heterocycles. The number of amides is 2. The Bertz CT molecular complexity index is 955. The lowest BCUT2D eigenvalue weighted by atomic mass is 10.0. The van der Waals surface area contributed by atoms with Gasteiger partial charge in [0.15, 0.2) is 0 Å². The number of ether oxygens (including phenoxy) is 2. The van der Waals surface area contributed by atoms with Crippen LogP contribution in [-0.4, -0.2) is 88.7 Å². The predicted octanol–water partition coefficient (Wildman–Crippen LogP) is -1.34. The van der Waals surface area contributed by atoms with Crippen LogP contribution in [0.5, 0.6) is 0 Å². The SMILES string of the molecule is C=CCOC(=O)[C@H](CCC(=O)C=[N+]=[N-])NC(=O)[C@H](CCC(=O)C=[N+]=[N-])NC(=O)CC[C@H](N)C(=O)OCC. The molecule has 0 unspecified atom stereocenters. The third-order valence-electron chi connectivity index (χ3n) is 4.63. The van der Waals surface area contributed by atoms with E-state index in [4.69, 9.17) is 26.3 Å². The van der Waals surface area contributed by atoms with Crippen LogP contribution < -0.4 is 16.4 Å². The molecule has 4 N–H and O–H groups in total. The first-order valence-electron chi connectivity index (χ1n) is 11.3. The van der Waals surface area contributed by atoms with Gasteiger partial charge in [0.25, 0.3) is 0 Å². The third kappa shape index (κ3) is 14.6. The first-order chi connectivity index (χ1) is 17.6. The van der Waals surface area contributed by atoms with Crippen molar-refractivity contribution in [1.29, 1.82) is 0 Å². The highest BCUT2D eigenvalue weighted by Gasteiger charge is 2.29. The second-order valence-electron chi connectivity index (χ2n) is 7.50. The van der Waals surface area contributed by atoms with Gasteiger partial charge in [0.2, 0.25) is 23.4 Å². The van der Waals surface area contributed by atoms with Crippen LogP contribution in [-0.2, 0) is 38.2 Å². The summed E-state index contributed by atoms with van der Waals surface area (Å²) in [5.41, 5.74) is 22.6. The smallest absolute Gasteiger partial charge is 0.328 e. The van der Waals surface area contributed by atoms with Crippen molar-refractivity contribution >= 4 is 47.7 Å². The van der Waals surface area contributed by atoms with Gasteiger partial charge in [0.1, 0.15) is 24.7 Å². The van der Waals surface area contributed by atoms with Crippen LogP contribution in [0, 0.1) is 0 Å². The number of hydrogen-bond acceptors (Lipinski definition) is 9. The summed E-state index contributed by atoms with van der Waals surface area (Å²) >= 11 is 0. The number of nitrogens with one attached hydrogen (secondary N) is 2. The normalized spacial score (nSPS) is 12.3. The summed E-state index contributed by atoms with van der Waals surface area (Å²) in [6.07, 6.45) is 1.16. The van der Waals surface area contributed by atoms with Gasteiger partial charge in [-0.05, 0) is 26.2 Å². The Kier molecular flexibility index (Phi) is 16.7. The molecule has 0 bridgehead atoms. The fourth-order valence-corrected chi connectivity index (χ4v) is 2.78. The van der Waals surface area contributed by atoms with Crippen molar-refractivity contribution in [3.63, 3.8) is 0 Å². The van der Waals surface area contributed by atoms with Crippen LogP contribution in [0.2, 0.25) is 0 Å². The second kappa shape index (κ2) is 18.9. The predicted molar refractivity (Wildman–Crippen MR) is 127 cm³/mol. The summed E-state index contributed by atoms with van der Waals surface area (Å²) in [6, 6.07) is -3.72. The van der Waals surface area contributed by atoms with E-state index in [1.165, 1.54) is 6.08 Å². The van der Waals surface area contributed by atoms with Crippen molar-refractivity contribution in [3.05, 3.63) is 23.7 Å². The maximum atomic E-state index is 12.9. The summed E-state index contributed by atoms with van der Waals surface area (Å²) in [5, 5.41) is 4.78. The third-order valence-corrected chi connectivity index (χ3v) is 4.63. The molecule has 37 heavy (non-hydrogen) atoms. The number of esters is 2. The van der Waals surface area contributed by atoms with Crippen molar-refractivity contribution in [1.82, 2.24) is 10.6 Å². The number of nitrogens with zero attached hydrogens (tertiary/aromatic N) is 4. The lowest BCUT2D eigenvalue weighted by molar-refractivity contribution is -0.147. The molecule has 0 saturated heterocycles. The summed E-state index contributed by atoms with van der Waals surface area (Å²) in [6.45, 7) is 4.95. The monoisotopic (exact) mass is 521 g/mol. The van der Waals surface area contributed by atoms with E-state index in [2.05, 4.69) is 26.8 Å². The summed E-state index contributed by atoms with van der Waals surface area (Å²) in [7, 11) is 0. The highest BCUT2D eigenvalue weighted by molar-refractivity contribution is 6.25. The number of ketones is 2. The first kappa shape index (κ1) is 32.7. The molecule has 0 rings (SSSR count). The number of nitrogens with two attached hydrogens (primary N) is 1. The lowest BCUT2D eigenvalue weighted by Crippen LogP contribution is -2.52. The van der Waals surface area contributed by atoms with Crippen LogP contribution in [0.3, 0.4) is 0 Å². The van der Waals surface area contributed by atoms with Gasteiger partial charge in [-0.2, -0.15) is 9.58 Å². The average molecular weight is 522 g/mol. The van der Waals surface area contributed by atoms with Crippen molar-refractivity contribution in [2.24, 2.45) is 5.73 Å². The standard InChI is InChI=1S/C22H31N7O8/c1-3-11-37-22(35)18(9-6-15(31)13-27-25)29-20(33)17(8-5-14(30)12-26-24)28-19(32)10-7-16(23)21(34)36-4-2/h3,12-13,16-18H,1,4-11,23H2,2H3,(H,28,32)(H,29,33)/t16-,17-,18-/m0/s1. The van der Waals surface area contributed by atoms with Crippen LogP contribution in [0.15, 0.2) is 12.7 Å². The van der Waals surface area contributed by atoms with E-state index in [0.29, 0.717) is 12.4 Å². The van der Waals surface area contributed by atoms with Gasteiger partial charge in [0, 0.05) is 19.3 Å². The Balaban J connectivity index is 5.50. The molecular formula is C22H31N7O8. The number of carbonyl (C=O) groups is 6. The van der Waals surface area contributed by atoms with Crippen LogP contribution in [0.25, 0.3) is 11.1 Å². The van der Waals surface area contributed by atoms with E-state index in [1.807, 2.05) is 0 Å². The molecule has 0 aromatic carbocycles. The number of Topliss-reactive ketones (excluding diaryl/α,β-unsaturated/α-hetero) is 2. The highest BCUT2D eigenvalue weighted by atomic mass is 16.5. The first-order valence-corrected chi connectivity index (χ1v) is 11.3. The van der Waals surface area contributed by atoms with Crippen LogP contribution in [0.1, 0.15) is 45.4 Å². The highest BCUT2D eigenvalue weighted by Crippen LogP contribution is 2.06.